The summed E-state index contributed by atoms with van der Waals surface area (Å²) in [4.78, 5) is 12.1. The zero-order chi connectivity index (χ0) is 15.4. The fraction of sp³-hybridized carbons (Fsp3) is 0.786. The van der Waals surface area contributed by atoms with Crippen LogP contribution in [0.15, 0.2) is 12.7 Å². The smallest absolute Gasteiger partial charge is 0.187 e. The zero-order valence-corrected chi connectivity index (χ0v) is 16.6. The lowest BCUT2D eigenvalue weighted by molar-refractivity contribution is -0.111. The highest BCUT2D eigenvalue weighted by Crippen LogP contribution is 2.35. The van der Waals surface area contributed by atoms with Gasteiger partial charge in [0, 0.05) is 11.6 Å². The quantitative estimate of drug-likeness (QED) is 0.410. The molecule has 0 aliphatic heterocycles. The van der Waals surface area contributed by atoms with Crippen molar-refractivity contribution in [2.75, 3.05) is 6.54 Å². The van der Waals surface area contributed by atoms with Crippen LogP contribution in [0.3, 0.4) is 0 Å². The monoisotopic (exact) mass is 317 g/mol. The van der Waals surface area contributed by atoms with Gasteiger partial charge < -0.3 is 4.57 Å². The average Bonchev–Trinajstić information content (AvgIpc) is 2.13. The Bertz CT molecular complexity index is 320. The van der Waals surface area contributed by atoms with E-state index >= 15 is 0 Å². The second-order valence-corrected chi connectivity index (χ2v) is 17.9. The van der Waals surface area contributed by atoms with E-state index in [9.17, 15) is 4.79 Å². The molecule has 2 atom stereocenters. The molecular weight excluding hydrogens is 286 g/mol. The van der Waals surface area contributed by atoms with Gasteiger partial charge >= 0.3 is 0 Å². The van der Waals surface area contributed by atoms with E-state index in [1.807, 2.05) is 6.08 Å². The highest BCUT2D eigenvalue weighted by atomic mass is 32.1. The lowest BCUT2D eigenvalue weighted by atomic mass is 10.1. The van der Waals surface area contributed by atoms with Gasteiger partial charge in [0.2, 0.25) is 0 Å². The minimum Gasteiger partial charge on any atom is -0.321 e. The summed E-state index contributed by atoms with van der Waals surface area (Å²) in [6.45, 7) is 20.9. The third-order valence-corrected chi connectivity index (χ3v) is 9.00. The predicted octanol–water partition coefficient (Wildman–Crippen LogP) is 4.25. The Morgan fingerprint density at radius 3 is 1.95 bits per heavy atom. The molecule has 0 saturated heterocycles. The first kappa shape index (κ1) is 19.2. The molecule has 0 radical (unpaired) electrons. The van der Waals surface area contributed by atoms with Crippen molar-refractivity contribution < 1.29 is 4.79 Å². The molecule has 0 amide bonds. The summed E-state index contributed by atoms with van der Waals surface area (Å²) in [6.07, 6.45) is 2.83. The fourth-order valence-corrected chi connectivity index (χ4v) is 8.82. The van der Waals surface area contributed by atoms with Gasteiger partial charge in [-0.2, -0.15) is 0 Å². The average molecular weight is 318 g/mol. The van der Waals surface area contributed by atoms with E-state index in [-0.39, 0.29) is 16.7 Å². The number of hydrogen-bond donors (Lipinski definition) is 1. The van der Waals surface area contributed by atoms with Crippen molar-refractivity contribution in [3.05, 3.63) is 12.7 Å². The van der Waals surface area contributed by atoms with Gasteiger partial charge in [-0.25, -0.2) is 0 Å². The van der Waals surface area contributed by atoms with Crippen molar-refractivity contribution in [1.29, 1.82) is 0 Å². The van der Waals surface area contributed by atoms with Crippen LogP contribution in [0.25, 0.3) is 0 Å². The van der Waals surface area contributed by atoms with Gasteiger partial charge in [0.05, 0.1) is 8.07 Å². The highest BCUT2D eigenvalue weighted by molar-refractivity contribution is 7.97. The normalized spacial score (nSPS) is 16.3. The Labute approximate surface area is 127 Å². The molecule has 0 spiro atoms. The van der Waals surface area contributed by atoms with Crippen LogP contribution in [0.1, 0.15) is 13.3 Å². The second-order valence-electron chi connectivity index (χ2n) is 7.23. The molecule has 0 fully saturated rings. The lowest BCUT2D eigenvalue weighted by Crippen LogP contribution is -2.57. The molecule has 2 nitrogen and oxygen atoms in total. The van der Waals surface area contributed by atoms with Crippen LogP contribution < -0.4 is 0 Å². The summed E-state index contributed by atoms with van der Waals surface area (Å²) >= 11 is 4.20. The van der Waals surface area contributed by atoms with Crippen molar-refractivity contribution in [3.63, 3.8) is 0 Å². The van der Waals surface area contributed by atoms with Gasteiger partial charge in [0.15, 0.2) is 5.12 Å². The van der Waals surface area contributed by atoms with Crippen molar-refractivity contribution in [3.8, 4) is 0 Å². The Morgan fingerprint density at radius 2 is 1.74 bits per heavy atom. The lowest BCUT2D eigenvalue weighted by Gasteiger charge is -2.45. The summed E-state index contributed by atoms with van der Waals surface area (Å²) in [5, 5.41) is 0.0581. The van der Waals surface area contributed by atoms with Crippen molar-refractivity contribution in [1.82, 2.24) is 4.57 Å². The van der Waals surface area contributed by atoms with Gasteiger partial charge in [-0.1, -0.05) is 52.3 Å². The zero-order valence-electron chi connectivity index (χ0n) is 13.7. The van der Waals surface area contributed by atoms with Gasteiger partial charge in [-0.15, -0.1) is 19.2 Å². The molecule has 0 aromatic carbocycles. The van der Waals surface area contributed by atoms with Gasteiger partial charge in [-0.05, 0) is 13.0 Å². The maximum absolute atomic E-state index is 12.1. The van der Waals surface area contributed by atoms with Crippen molar-refractivity contribution in [2.24, 2.45) is 0 Å². The molecule has 19 heavy (non-hydrogen) atoms. The molecule has 0 aliphatic carbocycles. The van der Waals surface area contributed by atoms with E-state index in [0.29, 0.717) is 0 Å². The standard InChI is InChI=1S/C14H31NOSSi2/c1-9-11-12(15(10-2)19(6,7)8)13(14(16)17)18(3,4)5/h9,12-13H,1,10-11H2,2-8H3,(H,16,17). The number of carbonyl (C=O) groups is 1. The molecule has 5 heteroatoms. The summed E-state index contributed by atoms with van der Waals surface area (Å²) in [7, 11) is -3.05. The second kappa shape index (κ2) is 7.24. The summed E-state index contributed by atoms with van der Waals surface area (Å²) in [5.74, 6) is 0. The third-order valence-electron chi connectivity index (χ3n) is 3.59. The molecule has 0 aromatic heterocycles. The minimum atomic E-state index is -1.60. The predicted molar refractivity (Wildman–Crippen MR) is 95.4 cm³/mol. The molecule has 0 aliphatic rings. The maximum atomic E-state index is 12.1. The number of carbonyl (C=O) groups excluding carboxylic acids is 1. The Kier molecular flexibility index (Phi) is 7.30. The maximum Gasteiger partial charge on any atom is 0.187 e. The first-order chi connectivity index (χ1) is 8.46. The summed E-state index contributed by atoms with van der Waals surface area (Å²) in [6, 6.07) is 0.269. The van der Waals surface area contributed by atoms with E-state index in [1.54, 1.807) is 0 Å². The van der Waals surface area contributed by atoms with E-state index in [1.165, 1.54) is 0 Å². The highest BCUT2D eigenvalue weighted by Gasteiger charge is 2.42. The van der Waals surface area contributed by atoms with Crippen LogP contribution in [0, 0.1) is 0 Å². The van der Waals surface area contributed by atoms with Crippen LogP contribution in [0.5, 0.6) is 0 Å². The van der Waals surface area contributed by atoms with Crippen molar-refractivity contribution in [2.45, 2.75) is 64.2 Å². The van der Waals surface area contributed by atoms with E-state index < -0.39 is 16.3 Å². The van der Waals surface area contributed by atoms with Gasteiger partial charge in [-0.3, -0.25) is 4.79 Å². The minimum absolute atomic E-state index is 0.0581. The topological polar surface area (TPSA) is 20.3 Å². The number of hydrogen-bond acceptors (Lipinski definition) is 2. The first-order valence-electron chi connectivity index (χ1n) is 7.07. The Morgan fingerprint density at radius 1 is 1.26 bits per heavy atom. The molecule has 112 valence electrons. The largest absolute Gasteiger partial charge is 0.321 e. The first-order valence-corrected chi connectivity index (χ1v) is 14.5. The summed E-state index contributed by atoms with van der Waals surface area (Å²) < 4.78 is 2.56. The Balaban J connectivity index is 5.60. The fourth-order valence-electron chi connectivity index (χ4n) is 2.93. The molecule has 0 N–H and O–H groups in total. The van der Waals surface area contributed by atoms with Crippen LogP contribution in [-0.2, 0) is 4.79 Å². The SMILES string of the molecule is C=CCC(C(C(=O)S)[Si](C)(C)C)N(CC)[Si](C)(C)C. The van der Waals surface area contributed by atoms with Crippen LogP contribution in [0.2, 0.25) is 44.8 Å². The number of nitrogens with zero attached hydrogens (tertiary/aromatic N) is 1. The Hall–Kier alpha value is 0.154. The van der Waals surface area contributed by atoms with Crippen molar-refractivity contribution >= 4 is 34.1 Å². The molecule has 0 saturated carbocycles. The van der Waals surface area contributed by atoms with Crippen LogP contribution in [-0.4, -0.2) is 38.6 Å². The molecular formula is C14H31NOSSi2. The molecule has 0 bridgehead atoms. The molecule has 2 unspecified atom stereocenters. The number of thiol groups is 1. The van der Waals surface area contributed by atoms with E-state index in [0.717, 1.165) is 13.0 Å². The molecule has 0 aromatic rings. The third kappa shape index (κ3) is 5.57. The van der Waals surface area contributed by atoms with Crippen LogP contribution in [0.4, 0.5) is 0 Å². The van der Waals surface area contributed by atoms with E-state index in [2.05, 4.69) is 70.0 Å². The van der Waals surface area contributed by atoms with Gasteiger partial charge in [0.1, 0.15) is 8.24 Å². The van der Waals surface area contributed by atoms with Crippen LogP contribution >= 0.6 is 12.6 Å². The number of rotatable bonds is 8. The molecule has 0 rings (SSSR count). The van der Waals surface area contributed by atoms with E-state index in [4.69, 9.17) is 0 Å². The molecule has 0 heterocycles. The summed E-state index contributed by atoms with van der Waals surface area (Å²) in [5.41, 5.74) is 0.0699. The van der Waals surface area contributed by atoms with Gasteiger partial charge in [0.25, 0.3) is 0 Å².